The Morgan fingerprint density at radius 1 is 1.31 bits per heavy atom. The summed E-state index contributed by atoms with van der Waals surface area (Å²) in [5, 5.41) is 9.75. The molecular formula is C13H14N2O. The zero-order valence-electron chi connectivity index (χ0n) is 8.90. The minimum absolute atomic E-state index is 0.491. The van der Waals surface area contributed by atoms with Crippen molar-refractivity contribution in [3.63, 3.8) is 0 Å². The van der Waals surface area contributed by atoms with Gasteiger partial charge in [0.2, 0.25) is 0 Å². The summed E-state index contributed by atoms with van der Waals surface area (Å²) in [4.78, 5) is 3.92. The van der Waals surface area contributed by atoms with Gasteiger partial charge in [0.1, 0.15) is 0 Å². The van der Waals surface area contributed by atoms with Crippen molar-refractivity contribution in [3.05, 3.63) is 60.7 Å². The van der Waals surface area contributed by atoms with Crippen LogP contribution in [0.4, 0.5) is 0 Å². The van der Waals surface area contributed by atoms with E-state index in [-0.39, 0.29) is 0 Å². The Hall–Kier alpha value is -1.87. The van der Waals surface area contributed by atoms with Gasteiger partial charge < -0.3 is 9.67 Å². The number of benzene rings is 1. The lowest BCUT2D eigenvalue weighted by Crippen LogP contribution is -2.11. The number of aliphatic hydroxyl groups excluding tert-OH is 1. The molecule has 1 atom stereocenters. The van der Waals surface area contributed by atoms with Crippen LogP contribution < -0.4 is 0 Å². The van der Waals surface area contributed by atoms with E-state index < -0.39 is 6.10 Å². The van der Waals surface area contributed by atoms with Gasteiger partial charge in [0, 0.05) is 12.4 Å². The zero-order chi connectivity index (χ0) is 11.2. The van der Waals surface area contributed by atoms with Crippen LogP contribution >= 0.6 is 0 Å². The molecule has 0 aliphatic rings. The number of hydrogen-bond acceptors (Lipinski definition) is 2. The third-order valence-electron chi connectivity index (χ3n) is 2.27. The highest BCUT2D eigenvalue weighted by atomic mass is 16.3. The molecule has 1 unspecified atom stereocenters. The molecule has 0 bridgehead atoms. The molecule has 0 saturated heterocycles. The van der Waals surface area contributed by atoms with Gasteiger partial charge in [-0.05, 0) is 5.56 Å². The predicted molar refractivity (Wildman–Crippen MR) is 63.7 cm³/mol. The lowest BCUT2D eigenvalue weighted by molar-refractivity contribution is 0.202. The number of imidazole rings is 1. The number of nitrogens with zero attached hydrogens (tertiary/aromatic N) is 2. The van der Waals surface area contributed by atoms with Crippen molar-refractivity contribution in [2.24, 2.45) is 0 Å². The van der Waals surface area contributed by atoms with Crippen LogP contribution in [0.5, 0.6) is 0 Å². The maximum absolute atomic E-state index is 9.75. The molecule has 0 aliphatic carbocycles. The van der Waals surface area contributed by atoms with Crippen LogP contribution in [0.1, 0.15) is 5.56 Å². The van der Waals surface area contributed by atoms with Gasteiger partial charge in [-0.25, -0.2) is 4.98 Å². The molecule has 1 aromatic carbocycles. The molecule has 1 N–H and O–H groups in total. The Morgan fingerprint density at radius 3 is 2.81 bits per heavy atom. The van der Waals surface area contributed by atoms with Gasteiger partial charge in [0.25, 0.3) is 0 Å². The molecule has 1 heterocycles. The Kier molecular flexibility index (Phi) is 3.51. The van der Waals surface area contributed by atoms with E-state index in [9.17, 15) is 5.11 Å². The average molecular weight is 214 g/mol. The molecule has 0 aliphatic heterocycles. The number of aromatic nitrogens is 2. The van der Waals surface area contributed by atoms with E-state index in [2.05, 4.69) is 4.98 Å². The van der Waals surface area contributed by atoms with Crippen molar-refractivity contribution in [1.82, 2.24) is 9.55 Å². The van der Waals surface area contributed by atoms with E-state index >= 15 is 0 Å². The van der Waals surface area contributed by atoms with Crippen LogP contribution in [0.15, 0.2) is 55.1 Å². The smallest absolute Gasteiger partial charge is 0.0946 e. The topological polar surface area (TPSA) is 38.0 Å². The predicted octanol–water partition coefficient (Wildman–Crippen LogP) is 1.96. The van der Waals surface area contributed by atoms with Crippen molar-refractivity contribution in [2.45, 2.75) is 12.6 Å². The number of rotatable bonds is 4. The van der Waals surface area contributed by atoms with Crippen molar-refractivity contribution >= 4 is 6.08 Å². The van der Waals surface area contributed by atoms with Gasteiger partial charge >= 0.3 is 0 Å². The molecule has 0 spiro atoms. The summed E-state index contributed by atoms with van der Waals surface area (Å²) < 4.78 is 1.85. The van der Waals surface area contributed by atoms with Crippen molar-refractivity contribution in [3.8, 4) is 0 Å². The average Bonchev–Trinajstić information content (AvgIpc) is 2.81. The fraction of sp³-hybridized carbons (Fsp3) is 0.154. The van der Waals surface area contributed by atoms with Gasteiger partial charge in [-0.1, -0.05) is 42.5 Å². The monoisotopic (exact) mass is 214 g/mol. The molecule has 3 nitrogen and oxygen atoms in total. The quantitative estimate of drug-likeness (QED) is 0.844. The number of aliphatic hydroxyl groups is 1. The Bertz CT molecular complexity index is 434. The standard InChI is InChI=1S/C13H14N2O/c16-13(10-15-9-8-14-11-15)7-6-12-4-2-1-3-5-12/h1-9,11,13,16H,10H2. The van der Waals surface area contributed by atoms with Crippen molar-refractivity contribution in [2.75, 3.05) is 0 Å². The summed E-state index contributed by atoms with van der Waals surface area (Å²) >= 11 is 0. The number of hydrogen-bond donors (Lipinski definition) is 1. The second-order valence-corrected chi connectivity index (χ2v) is 3.60. The van der Waals surface area contributed by atoms with Crippen LogP contribution in [0, 0.1) is 0 Å². The summed E-state index contributed by atoms with van der Waals surface area (Å²) in [6, 6.07) is 9.92. The first-order chi connectivity index (χ1) is 7.84. The fourth-order valence-electron chi connectivity index (χ4n) is 1.46. The van der Waals surface area contributed by atoms with E-state index in [1.165, 1.54) is 0 Å². The van der Waals surface area contributed by atoms with Gasteiger partial charge in [0.05, 0.1) is 19.0 Å². The van der Waals surface area contributed by atoms with Gasteiger partial charge in [-0.15, -0.1) is 0 Å². The minimum atomic E-state index is -0.491. The molecule has 2 aromatic rings. The van der Waals surface area contributed by atoms with Gasteiger partial charge in [0.15, 0.2) is 0 Å². The van der Waals surface area contributed by atoms with E-state index in [1.54, 1.807) is 18.6 Å². The normalized spacial score (nSPS) is 13.1. The summed E-state index contributed by atoms with van der Waals surface area (Å²) in [6.45, 7) is 0.531. The largest absolute Gasteiger partial charge is 0.387 e. The first-order valence-corrected chi connectivity index (χ1v) is 5.21. The minimum Gasteiger partial charge on any atom is -0.387 e. The first-order valence-electron chi connectivity index (χ1n) is 5.21. The highest BCUT2D eigenvalue weighted by Gasteiger charge is 1.99. The lowest BCUT2D eigenvalue weighted by atomic mass is 10.2. The van der Waals surface area contributed by atoms with E-state index in [1.807, 2.05) is 47.2 Å². The summed E-state index contributed by atoms with van der Waals surface area (Å²) in [5.74, 6) is 0. The van der Waals surface area contributed by atoms with Gasteiger partial charge in [-0.2, -0.15) is 0 Å². The summed E-state index contributed by atoms with van der Waals surface area (Å²) in [7, 11) is 0. The first kappa shape index (κ1) is 10.6. The highest BCUT2D eigenvalue weighted by Crippen LogP contribution is 2.03. The molecule has 3 heteroatoms. The van der Waals surface area contributed by atoms with E-state index in [0.29, 0.717) is 6.54 Å². The third-order valence-corrected chi connectivity index (χ3v) is 2.27. The lowest BCUT2D eigenvalue weighted by Gasteiger charge is -2.05. The van der Waals surface area contributed by atoms with E-state index in [4.69, 9.17) is 0 Å². The van der Waals surface area contributed by atoms with Crippen molar-refractivity contribution in [1.29, 1.82) is 0 Å². The third kappa shape index (κ3) is 3.07. The maximum atomic E-state index is 9.75. The SMILES string of the molecule is OC(C=Cc1ccccc1)Cn1ccnc1. The van der Waals surface area contributed by atoms with E-state index in [0.717, 1.165) is 5.56 Å². The Balaban J connectivity index is 1.92. The molecule has 2 rings (SSSR count). The van der Waals surface area contributed by atoms with Crippen LogP contribution in [0.25, 0.3) is 6.08 Å². The molecule has 16 heavy (non-hydrogen) atoms. The van der Waals surface area contributed by atoms with Crippen molar-refractivity contribution < 1.29 is 5.11 Å². The fourth-order valence-corrected chi connectivity index (χ4v) is 1.46. The highest BCUT2D eigenvalue weighted by molar-refractivity contribution is 5.49. The van der Waals surface area contributed by atoms with Crippen LogP contribution in [-0.4, -0.2) is 20.8 Å². The molecule has 0 amide bonds. The van der Waals surface area contributed by atoms with Gasteiger partial charge in [-0.3, -0.25) is 0 Å². The maximum Gasteiger partial charge on any atom is 0.0946 e. The molecule has 0 fully saturated rings. The molecule has 82 valence electrons. The Labute approximate surface area is 94.7 Å². The molecule has 0 radical (unpaired) electrons. The molecular weight excluding hydrogens is 200 g/mol. The molecule has 1 aromatic heterocycles. The van der Waals surface area contributed by atoms with Crippen LogP contribution in [0.2, 0.25) is 0 Å². The summed E-state index contributed by atoms with van der Waals surface area (Å²) in [6.07, 6.45) is 8.44. The van der Waals surface area contributed by atoms with Crippen LogP contribution in [-0.2, 0) is 6.54 Å². The second kappa shape index (κ2) is 5.28. The molecule has 0 saturated carbocycles. The zero-order valence-corrected chi connectivity index (χ0v) is 8.90. The second-order valence-electron chi connectivity index (χ2n) is 3.60. The summed E-state index contributed by atoms with van der Waals surface area (Å²) in [5.41, 5.74) is 1.09. The Morgan fingerprint density at radius 2 is 2.12 bits per heavy atom. The van der Waals surface area contributed by atoms with Crippen LogP contribution in [0.3, 0.4) is 0 Å².